The molecule has 4 rings (SSSR count). The molecule has 2 aliphatic rings. The molecule has 2 aromatic heterocycles. The highest BCUT2D eigenvalue weighted by molar-refractivity contribution is 5.63. The van der Waals surface area contributed by atoms with E-state index in [0.717, 1.165) is 18.2 Å². The molecule has 2 fully saturated rings. The van der Waals surface area contributed by atoms with Gasteiger partial charge in [-0.2, -0.15) is 18.3 Å². The van der Waals surface area contributed by atoms with Gasteiger partial charge in [0.1, 0.15) is 11.5 Å². The number of hydrogen-bond acceptors (Lipinski definition) is 4. The predicted molar refractivity (Wildman–Crippen MR) is 105 cm³/mol. The Hall–Kier alpha value is -2.16. The van der Waals surface area contributed by atoms with Crippen molar-refractivity contribution in [3.63, 3.8) is 0 Å². The van der Waals surface area contributed by atoms with E-state index >= 15 is 4.39 Å². The number of alkyl halides is 4. The monoisotopic (exact) mass is 426 g/mol. The Labute approximate surface area is 172 Å². The number of rotatable bonds is 5. The molecule has 9 heteroatoms. The molecule has 2 N–H and O–H groups in total. The van der Waals surface area contributed by atoms with Gasteiger partial charge in [-0.3, -0.25) is 4.68 Å². The van der Waals surface area contributed by atoms with Gasteiger partial charge in [0.25, 0.3) is 0 Å². The summed E-state index contributed by atoms with van der Waals surface area (Å²) < 4.78 is 61.8. The summed E-state index contributed by atoms with van der Waals surface area (Å²) in [6, 6.07) is 2.84. The van der Waals surface area contributed by atoms with Crippen molar-refractivity contribution in [2.24, 2.45) is 11.8 Å². The third-order valence-corrected chi connectivity index (χ3v) is 6.57. The summed E-state index contributed by atoms with van der Waals surface area (Å²) in [5, 5.41) is 4.58. The number of nitrogens with two attached hydrogens (primary N) is 1. The fourth-order valence-corrected chi connectivity index (χ4v) is 5.24. The first-order valence-electron chi connectivity index (χ1n) is 10.1. The normalized spacial score (nSPS) is 28.6. The molecule has 30 heavy (non-hydrogen) atoms. The highest BCUT2D eigenvalue weighted by Crippen LogP contribution is 2.59. The summed E-state index contributed by atoms with van der Waals surface area (Å²) in [4.78, 5) is 3.73. The molecule has 5 nitrogen and oxygen atoms in total. The summed E-state index contributed by atoms with van der Waals surface area (Å²) in [5.74, 6) is -0.322. The van der Waals surface area contributed by atoms with Crippen molar-refractivity contribution in [3.05, 3.63) is 29.6 Å². The number of anilines is 1. The fraction of sp³-hybridized carbons (Fsp3) is 0.619. The van der Waals surface area contributed by atoms with Crippen LogP contribution in [0.2, 0.25) is 0 Å². The van der Waals surface area contributed by atoms with E-state index in [2.05, 4.69) is 10.1 Å². The van der Waals surface area contributed by atoms with Crippen LogP contribution in [0.15, 0.2) is 18.3 Å². The van der Waals surface area contributed by atoms with E-state index in [1.807, 2.05) is 24.6 Å². The second-order valence-electron chi connectivity index (χ2n) is 8.85. The van der Waals surface area contributed by atoms with Gasteiger partial charge < -0.3 is 10.5 Å². The lowest BCUT2D eigenvalue weighted by atomic mass is 9.78. The van der Waals surface area contributed by atoms with Crippen molar-refractivity contribution in [2.75, 3.05) is 19.5 Å². The zero-order chi connectivity index (χ0) is 21.8. The standard InChI is InChI=1S/C21H26F4N4O/c1-11(2)29-18(15-6-14-4-12(15)8-20(14,22)10-30-3)7-17(28-29)13-5-16(21(23,24)25)19(26)27-9-13/h5,7,9,11-12,14-15H,4,6,8,10H2,1-3H3,(H2,26,27). The van der Waals surface area contributed by atoms with Gasteiger partial charge in [0.15, 0.2) is 0 Å². The number of nitrogen functional groups attached to an aromatic ring is 1. The van der Waals surface area contributed by atoms with E-state index in [9.17, 15) is 13.2 Å². The van der Waals surface area contributed by atoms with Crippen molar-refractivity contribution in [1.29, 1.82) is 0 Å². The van der Waals surface area contributed by atoms with E-state index in [4.69, 9.17) is 10.5 Å². The van der Waals surface area contributed by atoms with Crippen molar-refractivity contribution in [1.82, 2.24) is 14.8 Å². The van der Waals surface area contributed by atoms with Gasteiger partial charge in [0.05, 0.1) is 17.9 Å². The lowest BCUT2D eigenvalue weighted by Crippen LogP contribution is -2.37. The Morgan fingerprint density at radius 2 is 2.03 bits per heavy atom. The lowest BCUT2D eigenvalue weighted by Gasteiger charge is -2.33. The second kappa shape index (κ2) is 7.21. The molecule has 2 saturated carbocycles. The molecule has 2 aromatic rings. The zero-order valence-electron chi connectivity index (χ0n) is 17.2. The summed E-state index contributed by atoms with van der Waals surface area (Å²) in [6.07, 6.45) is -1.35. The molecule has 0 aliphatic heterocycles. The first-order chi connectivity index (χ1) is 14.0. The Kier molecular flexibility index (Phi) is 5.07. The molecule has 2 aliphatic carbocycles. The van der Waals surface area contributed by atoms with Crippen molar-refractivity contribution < 1.29 is 22.3 Å². The number of ether oxygens (including phenoxy) is 1. The van der Waals surface area contributed by atoms with Gasteiger partial charge in [-0.1, -0.05) is 0 Å². The van der Waals surface area contributed by atoms with Crippen LogP contribution in [-0.2, 0) is 10.9 Å². The molecule has 0 saturated heterocycles. The maximum Gasteiger partial charge on any atom is 0.419 e. The maximum absolute atomic E-state index is 15.1. The van der Waals surface area contributed by atoms with Gasteiger partial charge in [-0.05, 0) is 57.1 Å². The molecular weight excluding hydrogens is 400 g/mol. The van der Waals surface area contributed by atoms with Gasteiger partial charge in [0.2, 0.25) is 0 Å². The van der Waals surface area contributed by atoms with Crippen LogP contribution in [0.3, 0.4) is 0 Å². The quantitative estimate of drug-likeness (QED) is 0.684. The lowest BCUT2D eigenvalue weighted by molar-refractivity contribution is -0.137. The minimum atomic E-state index is -4.59. The Balaban J connectivity index is 1.68. The van der Waals surface area contributed by atoms with Crippen molar-refractivity contribution in [2.45, 2.75) is 56.9 Å². The van der Waals surface area contributed by atoms with Crippen molar-refractivity contribution >= 4 is 5.82 Å². The maximum atomic E-state index is 15.1. The largest absolute Gasteiger partial charge is 0.419 e. The van der Waals surface area contributed by atoms with E-state index < -0.39 is 23.2 Å². The molecule has 0 aromatic carbocycles. The van der Waals surface area contributed by atoms with Crippen LogP contribution in [-0.4, -0.2) is 34.1 Å². The average Bonchev–Trinajstić information content (AvgIpc) is 3.33. The van der Waals surface area contributed by atoms with E-state index in [-0.39, 0.29) is 36.0 Å². The molecule has 2 bridgehead atoms. The molecule has 0 amide bonds. The van der Waals surface area contributed by atoms with Crippen LogP contribution in [0.4, 0.5) is 23.4 Å². The summed E-state index contributed by atoms with van der Waals surface area (Å²) >= 11 is 0. The molecule has 4 unspecified atom stereocenters. The van der Waals surface area contributed by atoms with E-state index in [1.165, 1.54) is 13.3 Å². The first kappa shape index (κ1) is 21.1. The van der Waals surface area contributed by atoms with Gasteiger partial charge in [-0.25, -0.2) is 9.37 Å². The summed E-state index contributed by atoms with van der Waals surface area (Å²) in [6.45, 7) is 4.05. The SMILES string of the molecule is COCC1(F)CC2CC1CC2c1cc(-c2cnc(N)c(C(F)(F)F)c2)nn1C(C)C. The van der Waals surface area contributed by atoms with Crippen LogP contribution in [0.25, 0.3) is 11.3 Å². The molecule has 0 radical (unpaired) electrons. The van der Waals surface area contributed by atoms with Crippen LogP contribution < -0.4 is 5.73 Å². The molecule has 2 heterocycles. The number of fused-ring (bicyclic) bond motifs is 2. The number of methoxy groups -OCH3 is 1. The fourth-order valence-electron chi connectivity index (χ4n) is 5.24. The smallest absolute Gasteiger partial charge is 0.383 e. The Morgan fingerprint density at radius 3 is 2.60 bits per heavy atom. The third kappa shape index (κ3) is 3.46. The second-order valence-corrected chi connectivity index (χ2v) is 8.85. The molecule has 0 spiro atoms. The van der Waals surface area contributed by atoms with E-state index in [1.54, 1.807) is 0 Å². The number of hydrogen-bond donors (Lipinski definition) is 1. The van der Waals surface area contributed by atoms with Gasteiger partial charge in [0, 0.05) is 36.5 Å². The highest BCUT2D eigenvalue weighted by Gasteiger charge is 2.56. The molecular formula is C21H26F4N4O. The third-order valence-electron chi connectivity index (χ3n) is 6.57. The topological polar surface area (TPSA) is 66.0 Å². The van der Waals surface area contributed by atoms with Crippen LogP contribution in [0.1, 0.15) is 56.3 Å². The van der Waals surface area contributed by atoms with Crippen molar-refractivity contribution in [3.8, 4) is 11.3 Å². The minimum Gasteiger partial charge on any atom is -0.383 e. The number of nitrogens with zero attached hydrogens (tertiary/aromatic N) is 3. The molecule has 4 atom stereocenters. The minimum absolute atomic E-state index is 0.0193. The summed E-state index contributed by atoms with van der Waals surface area (Å²) in [7, 11) is 1.51. The van der Waals surface area contributed by atoms with Gasteiger partial charge >= 0.3 is 6.18 Å². The zero-order valence-corrected chi connectivity index (χ0v) is 17.2. The van der Waals surface area contributed by atoms with E-state index in [0.29, 0.717) is 18.5 Å². The van der Waals surface area contributed by atoms with Crippen LogP contribution in [0, 0.1) is 11.8 Å². The van der Waals surface area contributed by atoms with Crippen LogP contribution >= 0.6 is 0 Å². The molecule has 164 valence electrons. The Bertz CT molecular complexity index is 942. The number of aromatic nitrogens is 3. The predicted octanol–water partition coefficient (Wildman–Crippen LogP) is 5.00. The number of halogens is 4. The first-order valence-corrected chi connectivity index (χ1v) is 10.1. The highest BCUT2D eigenvalue weighted by atomic mass is 19.4. The van der Waals surface area contributed by atoms with Crippen LogP contribution in [0.5, 0.6) is 0 Å². The van der Waals surface area contributed by atoms with Gasteiger partial charge in [-0.15, -0.1) is 0 Å². The average molecular weight is 426 g/mol. The number of pyridine rings is 1. The summed E-state index contributed by atoms with van der Waals surface area (Å²) in [5.41, 5.74) is 4.79. The Morgan fingerprint density at radius 1 is 1.30 bits per heavy atom.